The van der Waals surface area contributed by atoms with Crippen molar-refractivity contribution in [3.05, 3.63) is 46.2 Å². The highest BCUT2D eigenvalue weighted by Crippen LogP contribution is 2.47. The molecule has 0 spiro atoms. The van der Waals surface area contributed by atoms with Crippen LogP contribution in [-0.2, 0) is 14.9 Å². The fourth-order valence-corrected chi connectivity index (χ4v) is 5.99. The highest BCUT2D eigenvalue weighted by atomic mass is 79.9. The number of hydrogen-bond acceptors (Lipinski definition) is 6. The molecule has 1 atom stereocenters. The Morgan fingerprint density at radius 2 is 2.03 bits per heavy atom. The molecule has 1 N–H and O–H groups in total. The molecule has 8 nitrogen and oxygen atoms in total. The van der Waals surface area contributed by atoms with Crippen LogP contribution in [0.1, 0.15) is 57.0 Å². The normalized spacial score (nSPS) is 22.4. The molecule has 1 amide bonds. The Bertz CT molecular complexity index is 1210. The maximum atomic E-state index is 13.7. The molecule has 0 bridgehead atoms. The summed E-state index contributed by atoms with van der Waals surface area (Å²) in [6.07, 6.45) is 2.39. The summed E-state index contributed by atoms with van der Waals surface area (Å²) in [6.45, 7) is 12.9. The van der Waals surface area contributed by atoms with E-state index in [0.29, 0.717) is 43.1 Å². The molecular formula is C28H37BrN4O4. The summed E-state index contributed by atoms with van der Waals surface area (Å²) in [6, 6.07) is 3.92. The van der Waals surface area contributed by atoms with Crippen molar-refractivity contribution in [1.29, 1.82) is 0 Å². The van der Waals surface area contributed by atoms with Crippen molar-refractivity contribution < 1.29 is 19.1 Å². The Labute approximate surface area is 228 Å². The molecule has 2 aliphatic heterocycles. The molecule has 37 heavy (non-hydrogen) atoms. The predicted octanol–water partition coefficient (Wildman–Crippen LogP) is 4.39. The number of ether oxygens (including phenoxy) is 2. The molecule has 1 fully saturated rings. The predicted molar refractivity (Wildman–Crippen MR) is 150 cm³/mol. The number of benzene rings is 1. The van der Waals surface area contributed by atoms with Crippen LogP contribution >= 0.6 is 16.1 Å². The van der Waals surface area contributed by atoms with E-state index in [2.05, 4.69) is 58.1 Å². The van der Waals surface area contributed by atoms with E-state index in [4.69, 9.17) is 9.47 Å². The first kappa shape index (κ1) is 27.2. The smallest absolute Gasteiger partial charge is 0.250 e. The molecule has 0 saturated carbocycles. The number of likely N-dealkylation sites (tertiary alicyclic amines) is 1. The van der Waals surface area contributed by atoms with Crippen molar-refractivity contribution in [2.75, 3.05) is 51.8 Å². The molecule has 1 aromatic rings. The number of allylic oxidation sites excluding steroid dienone is 1. The van der Waals surface area contributed by atoms with Gasteiger partial charge in [0.15, 0.2) is 5.78 Å². The first-order valence-corrected chi connectivity index (χ1v) is 13.4. The summed E-state index contributed by atoms with van der Waals surface area (Å²) in [5.41, 5.74) is 3.59. The second-order valence-corrected chi connectivity index (χ2v) is 11.5. The summed E-state index contributed by atoms with van der Waals surface area (Å²) in [7, 11) is 3.65. The van der Waals surface area contributed by atoms with Gasteiger partial charge in [-0.25, -0.2) is 0 Å². The van der Waals surface area contributed by atoms with Crippen molar-refractivity contribution in [3.8, 4) is 5.75 Å². The largest absolute Gasteiger partial charge is 0.493 e. The molecule has 2 heterocycles. The van der Waals surface area contributed by atoms with Crippen LogP contribution in [0.15, 0.2) is 39.1 Å². The topological polar surface area (TPSA) is 83.5 Å². The van der Waals surface area contributed by atoms with Gasteiger partial charge in [-0.15, -0.1) is 0 Å². The van der Waals surface area contributed by atoms with Gasteiger partial charge >= 0.3 is 0 Å². The Kier molecular flexibility index (Phi) is 7.48. The van der Waals surface area contributed by atoms with Crippen LogP contribution in [0.25, 0.3) is 0 Å². The second-order valence-electron chi connectivity index (χ2n) is 11.1. The van der Waals surface area contributed by atoms with Gasteiger partial charge in [-0.2, -0.15) is 4.02 Å². The number of amidine groups is 1. The van der Waals surface area contributed by atoms with E-state index in [1.54, 1.807) is 7.05 Å². The average molecular weight is 574 g/mol. The lowest BCUT2D eigenvalue weighted by molar-refractivity contribution is -0.117. The summed E-state index contributed by atoms with van der Waals surface area (Å²) in [4.78, 5) is 30.5. The Hall–Kier alpha value is -2.81. The van der Waals surface area contributed by atoms with Gasteiger partial charge in [-0.3, -0.25) is 9.59 Å². The summed E-state index contributed by atoms with van der Waals surface area (Å²) < 4.78 is 16.3. The lowest BCUT2D eigenvalue weighted by Crippen LogP contribution is -2.38. The van der Waals surface area contributed by atoms with Crippen molar-refractivity contribution in [3.63, 3.8) is 0 Å². The van der Waals surface area contributed by atoms with Crippen molar-refractivity contribution in [2.24, 2.45) is 9.43 Å². The fraction of sp³-hybridized carbons (Fsp3) is 0.536. The van der Waals surface area contributed by atoms with Crippen molar-refractivity contribution in [2.45, 2.75) is 46.5 Å². The number of hydrogen-bond donors (Lipinski definition) is 1. The molecular weight excluding hydrogens is 536 g/mol. The number of Topliss-reactive ketones (excluding diaryl/α,β-unsaturated/α-hetero) is 1. The van der Waals surface area contributed by atoms with Gasteiger partial charge in [0.05, 0.1) is 52.5 Å². The summed E-state index contributed by atoms with van der Waals surface area (Å²) >= 11 is 3.31. The number of likely N-dealkylation sites (N-methyl/N-ethyl adjacent to an activating group) is 2. The van der Waals surface area contributed by atoms with Gasteiger partial charge in [0.25, 0.3) is 5.91 Å². The maximum Gasteiger partial charge on any atom is 0.250 e. The van der Waals surface area contributed by atoms with Gasteiger partial charge in [0.2, 0.25) is 0 Å². The molecule has 0 aromatic heterocycles. The number of fused-ring (bicyclic) bond motifs is 2. The molecule has 1 aromatic carbocycles. The molecule has 9 heteroatoms. The molecule has 0 radical (unpaired) electrons. The van der Waals surface area contributed by atoms with E-state index < -0.39 is 5.41 Å². The molecule has 1 aliphatic carbocycles. The average Bonchev–Trinajstić information content (AvgIpc) is 3.12. The minimum atomic E-state index is -0.521. The molecule has 200 valence electrons. The number of halogens is 1. The summed E-state index contributed by atoms with van der Waals surface area (Å²) in [5.74, 6) is 2.02. The van der Waals surface area contributed by atoms with Crippen molar-refractivity contribution in [1.82, 2.24) is 10.2 Å². The molecule has 0 unspecified atom stereocenters. The van der Waals surface area contributed by atoms with E-state index in [1.807, 2.05) is 37.1 Å². The number of amides is 1. The first-order chi connectivity index (χ1) is 17.4. The van der Waals surface area contributed by atoms with Gasteiger partial charge in [0, 0.05) is 31.8 Å². The Morgan fingerprint density at radius 3 is 2.65 bits per heavy atom. The van der Waals surface area contributed by atoms with Crippen LogP contribution < -0.4 is 15.0 Å². The highest BCUT2D eigenvalue weighted by Gasteiger charge is 2.49. The molecule has 3 aliphatic rings. The van der Waals surface area contributed by atoms with Crippen LogP contribution in [0.5, 0.6) is 5.75 Å². The van der Waals surface area contributed by atoms with Crippen LogP contribution in [-0.4, -0.2) is 69.4 Å². The SMILES string of the molecule is CCOC1=C(C(=O)NC)C[C@@]2(C)C(=C1)CN(CC(=O)c1cc3c(c(C(C)(C)C)c1)OCCN3C)/C2=N\Br. The lowest BCUT2D eigenvalue weighted by atomic mass is 9.74. The van der Waals surface area contributed by atoms with E-state index >= 15 is 0 Å². The number of carbonyl (C=O) groups is 2. The Balaban J connectivity index is 1.66. The van der Waals surface area contributed by atoms with E-state index in [-0.39, 0.29) is 23.7 Å². The van der Waals surface area contributed by atoms with Crippen LogP contribution in [0.4, 0.5) is 5.69 Å². The minimum Gasteiger partial charge on any atom is -0.493 e. The standard InChI is InChI=1S/C28H37BrN4O4/c1-8-36-23-13-18-15-33(26(31-29)28(18,5)14-19(23)25(35)30-6)16-22(34)17-11-20(27(2,3)4)24-21(12-17)32(7)9-10-37-24/h11-13H,8-10,14-16H2,1-7H3,(H,30,35)/b31-26-/t28-/m0/s1. The third-order valence-corrected chi connectivity index (χ3v) is 7.83. The molecule has 4 rings (SSSR count). The highest BCUT2D eigenvalue weighted by molar-refractivity contribution is 9.08. The van der Waals surface area contributed by atoms with Gasteiger partial charge in [-0.05, 0) is 49.5 Å². The zero-order valence-electron chi connectivity index (χ0n) is 22.8. The zero-order chi connectivity index (χ0) is 27.1. The maximum absolute atomic E-state index is 13.7. The number of nitrogens with zero attached hydrogens (tertiary/aromatic N) is 3. The number of anilines is 1. The number of carbonyl (C=O) groups excluding carboxylic acids is 2. The zero-order valence-corrected chi connectivity index (χ0v) is 24.4. The van der Waals surface area contributed by atoms with E-state index in [1.165, 1.54) is 0 Å². The quantitative estimate of drug-likeness (QED) is 0.509. The molecule has 1 saturated heterocycles. The number of ketones is 1. The van der Waals surface area contributed by atoms with Gasteiger partial charge in [0.1, 0.15) is 24.0 Å². The van der Waals surface area contributed by atoms with Gasteiger partial charge in [-0.1, -0.05) is 20.8 Å². The summed E-state index contributed by atoms with van der Waals surface area (Å²) in [5, 5.41) is 2.72. The van der Waals surface area contributed by atoms with Crippen LogP contribution in [0.3, 0.4) is 0 Å². The Morgan fingerprint density at radius 1 is 1.30 bits per heavy atom. The lowest BCUT2D eigenvalue weighted by Gasteiger charge is -2.33. The third kappa shape index (κ3) is 4.90. The van der Waals surface area contributed by atoms with E-state index in [9.17, 15) is 9.59 Å². The fourth-order valence-electron chi connectivity index (χ4n) is 5.37. The minimum absolute atomic E-state index is 0.00767. The van der Waals surface area contributed by atoms with Crippen LogP contribution in [0, 0.1) is 5.41 Å². The second kappa shape index (κ2) is 10.2. The van der Waals surface area contributed by atoms with Gasteiger partial charge < -0.3 is 24.6 Å². The number of rotatable bonds is 6. The third-order valence-electron chi connectivity index (χ3n) is 7.50. The van der Waals surface area contributed by atoms with Crippen LogP contribution in [0.2, 0.25) is 0 Å². The monoisotopic (exact) mass is 572 g/mol. The van der Waals surface area contributed by atoms with E-state index in [0.717, 1.165) is 35.0 Å². The first-order valence-electron chi connectivity index (χ1n) is 12.7. The van der Waals surface area contributed by atoms with Crippen molar-refractivity contribution >= 4 is 39.4 Å². The number of nitrogens with one attached hydrogen (secondary N) is 1.